The fraction of sp³-hybridized carbons (Fsp3) is 0.500. The van der Waals surface area contributed by atoms with Crippen LogP contribution in [0.1, 0.15) is 47.2 Å². The molecule has 3 rings (SSSR count). The van der Waals surface area contributed by atoms with Gasteiger partial charge in [-0.25, -0.2) is 8.78 Å². The van der Waals surface area contributed by atoms with Gasteiger partial charge in [-0.2, -0.15) is 0 Å². The van der Waals surface area contributed by atoms with E-state index in [1.165, 1.54) is 11.0 Å². The Kier molecular flexibility index (Phi) is 9.38. The number of aryl methyl sites for hydroxylation is 1. The SMILES string of the molecule is CN(C)C(=O)c1ccc2c(c1)CCCCCN(Cc1ccc(F)c(F)c1)CC[C@H](O)[C@H](O)CO2. The smallest absolute Gasteiger partial charge is 0.253 e. The molecule has 2 aromatic carbocycles. The van der Waals surface area contributed by atoms with Crippen molar-refractivity contribution < 1.29 is 28.5 Å². The molecule has 186 valence electrons. The molecule has 6 nitrogen and oxygen atoms in total. The molecule has 1 heterocycles. The Morgan fingerprint density at radius 1 is 1.03 bits per heavy atom. The van der Waals surface area contributed by atoms with Crippen molar-refractivity contribution in [3.8, 4) is 5.75 Å². The van der Waals surface area contributed by atoms with Crippen LogP contribution in [0.3, 0.4) is 0 Å². The molecular formula is C26H34F2N2O4. The first kappa shape index (κ1) is 26.1. The van der Waals surface area contributed by atoms with Crippen LogP contribution in [0.4, 0.5) is 8.78 Å². The normalized spacial score (nSPS) is 20.6. The van der Waals surface area contributed by atoms with E-state index in [2.05, 4.69) is 4.90 Å². The maximum atomic E-state index is 13.6. The summed E-state index contributed by atoms with van der Waals surface area (Å²) in [6.45, 7) is 1.59. The zero-order valence-corrected chi connectivity index (χ0v) is 19.8. The number of carbonyl (C=O) groups excluding carboxylic acids is 1. The van der Waals surface area contributed by atoms with Crippen LogP contribution in [-0.2, 0) is 13.0 Å². The lowest BCUT2D eigenvalue weighted by atomic mass is 10.0. The maximum Gasteiger partial charge on any atom is 0.253 e. The maximum absolute atomic E-state index is 13.6. The molecule has 0 aromatic heterocycles. The first-order valence-electron chi connectivity index (χ1n) is 11.7. The molecule has 2 aromatic rings. The molecule has 1 amide bonds. The molecule has 1 aliphatic heterocycles. The van der Waals surface area contributed by atoms with Crippen LogP contribution in [-0.4, -0.2) is 71.9 Å². The number of hydrogen-bond donors (Lipinski definition) is 2. The topological polar surface area (TPSA) is 73.2 Å². The number of aliphatic hydroxyl groups excluding tert-OH is 2. The van der Waals surface area contributed by atoms with Gasteiger partial charge in [-0.15, -0.1) is 0 Å². The standard InChI is InChI=1S/C26H34F2N2O4/c1-29(2)26(33)20-8-10-25-19(15-20)6-4-3-5-12-30(13-11-23(31)24(32)17-34-25)16-18-7-9-21(27)22(28)14-18/h7-10,14-15,23-24,31-32H,3-6,11-13,16-17H2,1-2H3/t23-,24+/m0/s1. The summed E-state index contributed by atoms with van der Waals surface area (Å²) in [5.41, 5.74) is 2.13. The van der Waals surface area contributed by atoms with Crippen molar-refractivity contribution in [1.82, 2.24) is 9.80 Å². The fourth-order valence-electron chi connectivity index (χ4n) is 4.09. The average Bonchev–Trinajstić information content (AvgIpc) is 2.81. The number of nitrogens with zero attached hydrogens (tertiary/aromatic N) is 2. The van der Waals surface area contributed by atoms with Crippen LogP contribution < -0.4 is 4.74 Å². The third kappa shape index (κ3) is 7.22. The van der Waals surface area contributed by atoms with Gasteiger partial charge in [0.05, 0.1) is 6.10 Å². The van der Waals surface area contributed by atoms with E-state index in [-0.39, 0.29) is 12.5 Å². The number of rotatable bonds is 3. The number of benzene rings is 2. The van der Waals surface area contributed by atoms with Crippen molar-refractivity contribution in [1.29, 1.82) is 0 Å². The Bertz CT molecular complexity index is 970. The Hall–Kier alpha value is -2.55. The molecule has 0 spiro atoms. The fourth-order valence-corrected chi connectivity index (χ4v) is 4.09. The number of halogens is 2. The number of aliphatic hydroxyl groups is 2. The van der Waals surface area contributed by atoms with Crippen molar-refractivity contribution in [2.45, 2.75) is 50.9 Å². The lowest BCUT2D eigenvalue weighted by Crippen LogP contribution is -2.36. The van der Waals surface area contributed by atoms with E-state index in [0.717, 1.165) is 37.4 Å². The second kappa shape index (κ2) is 12.2. The first-order valence-corrected chi connectivity index (χ1v) is 11.7. The van der Waals surface area contributed by atoms with Crippen molar-refractivity contribution in [3.63, 3.8) is 0 Å². The van der Waals surface area contributed by atoms with Crippen molar-refractivity contribution in [2.75, 3.05) is 33.8 Å². The second-order valence-corrected chi connectivity index (χ2v) is 9.09. The molecule has 0 aliphatic carbocycles. The van der Waals surface area contributed by atoms with Crippen LogP contribution in [0.15, 0.2) is 36.4 Å². The summed E-state index contributed by atoms with van der Waals surface area (Å²) in [5.74, 6) is -1.24. The Morgan fingerprint density at radius 2 is 1.82 bits per heavy atom. The summed E-state index contributed by atoms with van der Waals surface area (Å²) < 4.78 is 32.7. The molecule has 0 fully saturated rings. The summed E-state index contributed by atoms with van der Waals surface area (Å²) in [6, 6.07) is 9.18. The number of carbonyl (C=O) groups is 1. The highest BCUT2D eigenvalue weighted by Crippen LogP contribution is 2.24. The summed E-state index contributed by atoms with van der Waals surface area (Å²) in [6.07, 6.45) is 1.67. The van der Waals surface area contributed by atoms with Crippen molar-refractivity contribution in [2.24, 2.45) is 0 Å². The first-order chi connectivity index (χ1) is 16.2. The van der Waals surface area contributed by atoms with Gasteiger partial charge in [-0.05, 0) is 73.7 Å². The number of fused-ring (bicyclic) bond motifs is 1. The molecular weight excluding hydrogens is 442 g/mol. The van der Waals surface area contributed by atoms with Gasteiger partial charge < -0.3 is 19.8 Å². The third-order valence-corrected chi connectivity index (χ3v) is 6.12. The third-order valence-electron chi connectivity index (χ3n) is 6.12. The predicted molar refractivity (Wildman–Crippen MR) is 126 cm³/mol. The van der Waals surface area contributed by atoms with E-state index in [1.807, 2.05) is 6.07 Å². The average molecular weight is 477 g/mol. The van der Waals surface area contributed by atoms with Gasteiger partial charge in [0.1, 0.15) is 18.5 Å². The van der Waals surface area contributed by atoms with Crippen LogP contribution in [0.25, 0.3) is 0 Å². The largest absolute Gasteiger partial charge is 0.491 e. The quantitative estimate of drug-likeness (QED) is 0.711. The summed E-state index contributed by atoms with van der Waals surface area (Å²) >= 11 is 0. The van der Waals surface area contributed by atoms with E-state index in [1.54, 1.807) is 32.3 Å². The predicted octanol–water partition coefficient (Wildman–Crippen LogP) is 3.39. The highest BCUT2D eigenvalue weighted by Gasteiger charge is 2.21. The van der Waals surface area contributed by atoms with Crippen LogP contribution >= 0.6 is 0 Å². The van der Waals surface area contributed by atoms with Gasteiger partial charge in [-0.1, -0.05) is 12.5 Å². The van der Waals surface area contributed by atoms with Crippen LogP contribution in [0.2, 0.25) is 0 Å². The van der Waals surface area contributed by atoms with Crippen molar-refractivity contribution in [3.05, 3.63) is 64.7 Å². The minimum absolute atomic E-state index is 0.0711. The Morgan fingerprint density at radius 3 is 2.56 bits per heavy atom. The second-order valence-electron chi connectivity index (χ2n) is 9.09. The molecule has 2 N–H and O–H groups in total. The zero-order valence-electron chi connectivity index (χ0n) is 19.8. The summed E-state index contributed by atoms with van der Waals surface area (Å²) in [7, 11) is 3.41. The molecule has 0 bridgehead atoms. The Labute approximate surface area is 199 Å². The van der Waals surface area contributed by atoms with Gasteiger partial charge in [0.15, 0.2) is 11.6 Å². The molecule has 0 saturated carbocycles. The van der Waals surface area contributed by atoms with Crippen LogP contribution in [0.5, 0.6) is 5.75 Å². The lowest BCUT2D eigenvalue weighted by Gasteiger charge is -2.26. The number of ether oxygens (including phenoxy) is 1. The van der Waals surface area contributed by atoms with Gasteiger partial charge in [0.2, 0.25) is 0 Å². The minimum atomic E-state index is -1.08. The van der Waals surface area contributed by atoms with Gasteiger partial charge in [-0.3, -0.25) is 9.69 Å². The van der Waals surface area contributed by atoms with Gasteiger partial charge in [0, 0.05) is 32.7 Å². The molecule has 0 saturated heterocycles. The molecule has 0 radical (unpaired) electrons. The van der Waals surface area contributed by atoms with Gasteiger partial charge >= 0.3 is 0 Å². The monoisotopic (exact) mass is 476 g/mol. The van der Waals surface area contributed by atoms with E-state index in [4.69, 9.17) is 4.74 Å². The molecule has 0 unspecified atom stereocenters. The molecule has 34 heavy (non-hydrogen) atoms. The number of hydrogen-bond acceptors (Lipinski definition) is 5. The van der Waals surface area contributed by atoms with Crippen molar-refractivity contribution >= 4 is 5.91 Å². The summed E-state index contributed by atoms with van der Waals surface area (Å²) in [4.78, 5) is 16.0. The van der Waals surface area contributed by atoms with E-state index in [9.17, 15) is 23.8 Å². The molecule has 2 atom stereocenters. The highest BCUT2D eigenvalue weighted by molar-refractivity contribution is 5.94. The zero-order chi connectivity index (χ0) is 24.7. The van der Waals surface area contributed by atoms with Crippen LogP contribution in [0, 0.1) is 11.6 Å². The van der Waals surface area contributed by atoms with E-state index in [0.29, 0.717) is 42.8 Å². The van der Waals surface area contributed by atoms with Gasteiger partial charge in [0.25, 0.3) is 5.91 Å². The van der Waals surface area contributed by atoms with E-state index < -0.39 is 23.8 Å². The highest BCUT2D eigenvalue weighted by atomic mass is 19.2. The summed E-state index contributed by atoms with van der Waals surface area (Å²) in [5, 5.41) is 20.9. The molecule has 8 heteroatoms. The minimum Gasteiger partial charge on any atom is -0.491 e. The van der Waals surface area contributed by atoms with E-state index >= 15 is 0 Å². The number of amides is 1. The molecule has 1 aliphatic rings. The lowest BCUT2D eigenvalue weighted by molar-refractivity contribution is -0.0163. The Balaban J connectivity index is 1.72.